The van der Waals surface area contributed by atoms with E-state index in [4.69, 9.17) is 4.42 Å². The van der Waals surface area contributed by atoms with Gasteiger partial charge in [0.1, 0.15) is 0 Å². The second-order valence-electron chi connectivity index (χ2n) is 5.08. The van der Waals surface area contributed by atoms with Crippen molar-refractivity contribution in [3.63, 3.8) is 0 Å². The van der Waals surface area contributed by atoms with Crippen LogP contribution in [0.1, 0.15) is 41.2 Å². The lowest BCUT2D eigenvalue weighted by molar-refractivity contribution is 0.0720. The Balaban J connectivity index is 1.72. The summed E-state index contributed by atoms with van der Waals surface area (Å²) in [5, 5.41) is 13.1. The third-order valence-corrected chi connectivity index (χ3v) is 3.63. The van der Waals surface area contributed by atoms with E-state index in [1.807, 2.05) is 6.92 Å². The minimum atomic E-state index is -0.272. The minimum absolute atomic E-state index is 0.0259. The number of fused-ring (bicyclic) bond motifs is 1. The van der Waals surface area contributed by atoms with Crippen LogP contribution in [0.4, 0.5) is 0 Å². The van der Waals surface area contributed by atoms with Crippen molar-refractivity contribution in [3.05, 3.63) is 33.4 Å². The van der Waals surface area contributed by atoms with Crippen molar-refractivity contribution in [2.45, 2.75) is 32.6 Å². The van der Waals surface area contributed by atoms with Gasteiger partial charge in [0.05, 0.1) is 0 Å². The summed E-state index contributed by atoms with van der Waals surface area (Å²) in [5.74, 6) is 0.238. The van der Waals surface area contributed by atoms with Crippen LogP contribution in [0.15, 0.2) is 9.21 Å². The fourth-order valence-electron chi connectivity index (χ4n) is 2.50. The molecule has 0 saturated heterocycles. The Morgan fingerprint density at radius 1 is 1.29 bits per heavy atom. The number of rotatable bonds is 3. The summed E-state index contributed by atoms with van der Waals surface area (Å²) in [6.07, 6.45) is 2.68. The summed E-state index contributed by atoms with van der Waals surface area (Å²) in [5.41, 5.74) is 1.48. The highest BCUT2D eigenvalue weighted by atomic mass is 16.4. The second-order valence-corrected chi connectivity index (χ2v) is 5.08. The van der Waals surface area contributed by atoms with Crippen molar-refractivity contribution in [2.24, 2.45) is 0 Å². The molecule has 2 aromatic heterocycles. The zero-order chi connectivity index (χ0) is 14.8. The molecule has 0 atom stereocenters. The molecule has 0 saturated carbocycles. The minimum Gasteiger partial charge on any atom is -0.417 e. The van der Waals surface area contributed by atoms with Crippen molar-refractivity contribution in [3.8, 4) is 0 Å². The van der Waals surface area contributed by atoms with E-state index >= 15 is 0 Å². The average Bonchev–Trinajstić information content (AvgIpc) is 3.01. The van der Waals surface area contributed by atoms with Gasteiger partial charge in [0.2, 0.25) is 5.89 Å². The lowest BCUT2D eigenvalue weighted by atomic mass is 10.2. The molecule has 0 radical (unpaired) electrons. The third-order valence-electron chi connectivity index (χ3n) is 3.63. The van der Waals surface area contributed by atoms with Gasteiger partial charge in [-0.3, -0.25) is 14.7 Å². The lowest BCUT2D eigenvalue weighted by Crippen LogP contribution is -2.34. The van der Waals surface area contributed by atoms with E-state index in [0.717, 1.165) is 17.7 Å². The van der Waals surface area contributed by atoms with E-state index in [1.165, 1.54) is 0 Å². The van der Waals surface area contributed by atoms with E-state index in [1.54, 1.807) is 4.90 Å². The van der Waals surface area contributed by atoms with E-state index in [9.17, 15) is 9.59 Å². The Kier molecular flexibility index (Phi) is 3.59. The zero-order valence-electron chi connectivity index (χ0n) is 11.8. The number of hydrogen-bond acceptors (Lipinski definition) is 5. The van der Waals surface area contributed by atoms with Crippen molar-refractivity contribution in [1.29, 1.82) is 0 Å². The summed E-state index contributed by atoms with van der Waals surface area (Å²) in [4.78, 5) is 25.6. The quantitative estimate of drug-likeness (QED) is 0.844. The summed E-state index contributed by atoms with van der Waals surface area (Å²) in [7, 11) is 0. The smallest absolute Gasteiger partial charge is 0.311 e. The van der Waals surface area contributed by atoms with Crippen molar-refractivity contribution in [2.75, 3.05) is 13.1 Å². The largest absolute Gasteiger partial charge is 0.417 e. The van der Waals surface area contributed by atoms with Gasteiger partial charge in [-0.05, 0) is 12.8 Å². The highest BCUT2D eigenvalue weighted by Crippen LogP contribution is 2.13. The number of hydrogen-bond donors (Lipinski definition) is 2. The molecule has 3 heterocycles. The molecular formula is C13H17N5O3. The molecule has 0 aromatic carbocycles. The highest BCUT2D eigenvalue weighted by Gasteiger charge is 2.25. The Morgan fingerprint density at radius 2 is 2.10 bits per heavy atom. The summed E-state index contributed by atoms with van der Waals surface area (Å²) in [6, 6.07) is 0. The molecule has 21 heavy (non-hydrogen) atoms. The number of carbonyl (C=O) groups is 1. The monoisotopic (exact) mass is 291 g/mol. The first-order chi connectivity index (χ1) is 10.2. The molecule has 8 nitrogen and oxygen atoms in total. The first-order valence-electron chi connectivity index (χ1n) is 7.09. The van der Waals surface area contributed by atoms with Gasteiger partial charge < -0.3 is 14.4 Å². The Morgan fingerprint density at radius 3 is 2.90 bits per heavy atom. The van der Waals surface area contributed by atoms with Crippen molar-refractivity contribution < 1.29 is 9.21 Å². The number of nitrogens with one attached hydrogen (secondary N) is 2. The maximum atomic E-state index is 12.4. The molecular weight excluding hydrogens is 274 g/mol. The van der Waals surface area contributed by atoms with Gasteiger partial charge in [-0.15, -0.1) is 10.2 Å². The van der Waals surface area contributed by atoms with Crippen molar-refractivity contribution >= 4 is 5.91 Å². The predicted octanol–water partition coefficient (Wildman–Crippen LogP) is 0.279. The molecule has 8 heteroatoms. The lowest BCUT2D eigenvalue weighted by Gasteiger charge is -2.17. The van der Waals surface area contributed by atoms with E-state index in [0.29, 0.717) is 38.2 Å². The van der Waals surface area contributed by atoms with Crippen LogP contribution in [0.25, 0.3) is 0 Å². The molecule has 0 fully saturated rings. The van der Waals surface area contributed by atoms with Crippen LogP contribution in [0, 0.1) is 0 Å². The van der Waals surface area contributed by atoms with E-state index < -0.39 is 0 Å². The number of aryl methyl sites for hydroxylation is 1. The van der Waals surface area contributed by atoms with E-state index in [-0.39, 0.29) is 17.4 Å². The molecule has 112 valence electrons. The maximum absolute atomic E-state index is 12.4. The normalized spacial score (nSPS) is 14.8. The van der Waals surface area contributed by atoms with Crippen LogP contribution >= 0.6 is 0 Å². The summed E-state index contributed by atoms with van der Waals surface area (Å²) >= 11 is 0. The number of carbonyl (C=O) groups excluding carboxylic acids is 1. The number of nitrogens with zero attached hydrogens (tertiary/aromatic N) is 3. The predicted molar refractivity (Wildman–Crippen MR) is 73.0 cm³/mol. The number of aromatic nitrogens is 4. The molecule has 3 rings (SSSR count). The summed E-state index contributed by atoms with van der Waals surface area (Å²) in [6.45, 7) is 3.00. The molecule has 2 N–H and O–H groups in total. The highest BCUT2D eigenvalue weighted by molar-refractivity contribution is 5.89. The SMILES string of the molecule is CCCc1nnc(C(=O)N2CCc3[nH][nH]c(=O)c3CC2)o1. The van der Waals surface area contributed by atoms with Gasteiger partial charge in [-0.1, -0.05) is 6.92 Å². The van der Waals surface area contributed by atoms with Crippen LogP contribution < -0.4 is 5.56 Å². The molecule has 0 unspecified atom stereocenters. The summed E-state index contributed by atoms with van der Waals surface area (Å²) < 4.78 is 5.37. The van der Waals surface area contributed by atoms with E-state index in [2.05, 4.69) is 20.4 Å². The Bertz CT molecular complexity index is 699. The van der Waals surface area contributed by atoms with Gasteiger partial charge >= 0.3 is 11.8 Å². The van der Waals surface area contributed by atoms with Gasteiger partial charge in [0, 0.05) is 37.2 Å². The van der Waals surface area contributed by atoms with Crippen molar-refractivity contribution in [1.82, 2.24) is 25.3 Å². The van der Waals surface area contributed by atoms with Crippen LogP contribution in [0.3, 0.4) is 0 Å². The first kappa shape index (κ1) is 13.6. The van der Waals surface area contributed by atoms with Crippen LogP contribution in [-0.4, -0.2) is 44.3 Å². The van der Waals surface area contributed by atoms with Gasteiger partial charge in [0.15, 0.2) is 0 Å². The average molecular weight is 291 g/mol. The molecule has 0 bridgehead atoms. The molecule has 0 aliphatic carbocycles. The fraction of sp³-hybridized carbons (Fsp3) is 0.538. The standard InChI is InChI=1S/C13H17N5O3/c1-2-3-10-15-17-12(21-10)13(20)18-6-4-8-9(5-7-18)14-16-11(8)19/h2-7H2,1H3,(H2,14,16,19). The van der Waals surface area contributed by atoms with Gasteiger partial charge in [0.25, 0.3) is 5.56 Å². The third kappa shape index (κ3) is 2.61. The van der Waals surface area contributed by atoms with Crippen LogP contribution in [0.5, 0.6) is 0 Å². The van der Waals surface area contributed by atoms with Gasteiger partial charge in [-0.25, -0.2) is 0 Å². The van der Waals surface area contributed by atoms with Crippen LogP contribution in [0.2, 0.25) is 0 Å². The zero-order valence-corrected chi connectivity index (χ0v) is 11.8. The first-order valence-corrected chi connectivity index (χ1v) is 7.09. The molecule has 1 aliphatic heterocycles. The second kappa shape index (κ2) is 5.55. The number of aromatic amines is 2. The molecule has 0 spiro atoms. The number of H-pyrrole nitrogens is 2. The Labute approximate surface area is 120 Å². The van der Waals surface area contributed by atoms with Gasteiger partial charge in [-0.2, -0.15) is 0 Å². The van der Waals surface area contributed by atoms with Crippen LogP contribution in [-0.2, 0) is 19.3 Å². The molecule has 1 amide bonds. The maximum Gasteiger partial charge on any atom is 0.311 e. The topological polar surface area (TPSA) is 108 Å². The number of amides is 1. The fourth-order valence-corrected chi connectivity index (χ4v) is 2.50. The molecule has 1 aliphatic rings. The Hall–Kier alpha value is -2.38. The molecule has 2 aromatic rings.